The normalized spacial score (nSPS) is 13.5. The topological polar surface area (TPSA) is 69.7 Å². The summed E-state index contributed by atoms with van der Waals surface area (Å²) in [4.78, 5) is 11.2. The molecule has 2 aromatic rings. The highest BCUT2D eigenvalue weighted by Crippen LogP contribution is 2.37. The van der Waals surface area contributed by atoms with Crippen LogP contribution in [0.1, 0.15) is 33.5 Å². The molecule has 1 aliphatic heterocycles. The molecule has 0 aliphatic carbocycles. The first kappa shape index (κ1) is 18.6. The third-order valence-electron chi connectivity index (χ3n) is 4.37. The fourth-order valence-corrected chi connectivity index (χ4v) is 3.86. The van der Waals surface area contributed by atoms with Crippen LogP contribution < -0.4 is 4.74 Å². The number of carbonyl (C=O) groups is 1. The van der Waals surface area contributed by atoms with Crippen LogP contribution in [0.5, 0.6) is 5.75 Å². The van der Waals surface area contributed by atoms with Crippen molar-refractivity contribution in [2.24, 2.45) is 0 Å². The van der Waals surface area contributed by atoms with Crippen molar-refractivity contribution >= 4 is 16.1 Å². The van der Waals surface area contributed by atoms with E-state index >= 15 is 0 Å². The quantitative estimate of drug-likeness (QED) is 0.573. The predicted molar refractivity (Wildman–Crippen MR) is 100 cm³/mol. The van der Waals surface area contributed by atoms with E-state index in [4.69, 9.17) is 9.47 Å². The molecule has 1 heterocycles. The van der Waals surface area contributed by atoms with Gasteiger partial charge >= 0.3 is 0 Å². The van der Waals surface area contributed by atoms with Crippen LogP contribution in [0.25, 0.3) is 11.1 Å². The molecule has 0 unspecified atom stereocenters. The van der Waals surface area contributed by atoms with Crippen LogP contribution in [0.4, 0.5) is 0 Å². The largest absolute Gasteiger partial charge is 0.494 e. The molecule has 138 valence electrons. The van der Waals surface area contributed by atoms with Crippen LogP contribution >= 0.6 is 0 Å². The second kappa shape index (κ2) is 7.60. The number of fused-ring (bicyclic) bond motifs is 3. The zero-order valence-electron chi connectivity index (χ0n) is 14.9. The number of aryl methyl sites for hydroxylation is 1. The van der Waals surface area contributed by atoms with Gasteiger partial charge in [-0.05, 0) is 59.4 Å². The molecule has 0 spiro atoms. The van der Waals surface area contributed by atoms with Gasteiger partial charge < -0.3 is 9.47 Å². The van der Waals surface area contributed by atoms with E-state index in [2.05, 4.69) is 0 Å². The Balaban J connectivity index is 1.88. The highest BCUT2D eigenvalue weighted by molar-refractivity contribution is 7.90. The molecule has 0 bridgehead atoms. The maximum Gasteiger partial charge on any atom is 0.150 e. The third kappa shape index (κ3) is 4.31. The highest BCUT2D eigenvalue weighted by Gasteiger charge is 2.18. The second-order valence-electron chi connectivity index (χ2n) is 6.63. The number of sulfone groups is 1. The molecular weight excluding hydrogens is 352 g/mol. The maximum absolute atomic E-state index is 11.2. The van der Waals surface area contributed by atoms with Gasteiger partial charge in [0, 0.05) is 11.8 Å². The molecule has 6 heteroatoms. The van der Waals surface area contributed by atoms with E-state index < -0.39 is 9.84 Å². The minimum absolute atomic E-state index is 0.113. The molecule has 3 rings (SSSR count). The van der Waals surface area contributed by atoms with Gasteiger partial charge in [0.2, 0.25) is 0 Å². The van der Waals surface area contributed by atoms with E-state index in [1.165, 1.54) is 6.26 Å². The summed E-state index contributed by atoms with van der Waals surface area (Å²) in [5, 5.41) is 0. The summed E-state index contributed by atoms with van der Waals surface area (Å²) in [6.07, 6.45) is 2.53. The van der Waals surface area contributed by atoms with E-state index in [0.717, 1.165) is 34.1 Å². The van der Waals surface area contributed by atoms with Crippen molar-refractivity contribution < 1.29 is 22.7 Å². The summed E-state index contributed by atoms with van der Waals surface area (Å²) in [5.74, 6) is 0.815. The SMILES string of the molecule is Cc1cc(OCCCS(C)(=O)=O)cc2c1-c1cc(C=O)ccc1COC2. The van der Waals surface area contributed by atoms with E-state index in [1.807, 2.05) is 31.2 Å². The monoisotopic (exact) mass is 374 g/mol. The summed E-state index contributed by atoms with van der Waals surface area (Å²) in [7, 11) is -2.97. The summed E-state index contributed by atoms with van der Waals surface area (Å²) >= 11 is 0. The summed E-state index contributed by atoms with van der Waals surface area (Å²) in [5.41, 5.74) is 5.82. The Morgan fingerprint density at radius 3 is 2.65 bits per heavy atom. The lowest BCUT2D eigenvalue weighted by molar-refractivity contribution is 0.109. The van der Waals surface area contributed by atoms with Gasteiger partial charge in [-0.3, -0.25) is 4.79 Å². The lowest BCUT2D eigenvalue weighted by Gasteiger charge is -2.15. The molecule has 2 aromatic carbocycles. The fraction of sp³-hybridized carbons (Fsp3) is 0.350. The van der Waals surface area contributed by atoms with Gasteiger partial charge in [-0.25, -0.2) is 8.42 Å². The van der Waals surface area contributed by atoms with Gasteiger partial charge in [0.05, 0.1) is 25.6 Å². The van der Waals surface area contributed by atoms with Gasteiger partial charge in [0.15, 0.2) is 0 Å². The van der Waals surface area contributed by atoms with Crippen molar-refractivity contribution in [2.45, 2.75) is 26.6 Å². The second-order valence-corrected chi connectivity index (χ2v) is 8.89. The Labute approximate surface area is 153 Å². The Morgan fingerprint density at radius 2 is 1.92 bits per heavy atom. The molecule has 0 atom stereocenters. The first-order chi connectivity index (χ1) is 12.4. The lowest BCUT2D eigenvalue weighted by Crippen LogP contribution is -2.08. The van der Waals surface area contributed by atoms with Crippen molar-refractivity contribution in [1.82, 2.24) is 0 Å². The van der Waals surface area contributed by atoms with Gasteiger partial charge in [0.25, 0.3) is 0 Å². The molecule has 0 saturated carbocycles. The number of aldehydes is 1. The van der Waals surface area contributed by atoms with Crippen LogP contribution in [0.3, 0.4) is 0 Å². The van der Waals surface area contributed by atoms with Gasteiger partial charge in [-0.15, -0.1) is 0 Å². The van der Waals surface area contributed by atoms with Crippen molar-refractivity contribution in [3.63, 3.8) is 0 Å². The number of hydrogen-bond acceptors (Lipinski definition) is 5. The standard InChI is InChI=1S/C20H22O5S/c1-14-8-18(25-6-3-7-26(2,22)23)10-17-13-24-12-16-5-4-15(11-21)9-19(16)20(14)17/h4-5,8-11H,3,6-7,12-13H2,1-2H3. The van der Waals surface area contributed by atoms with Crippen LogP contribution in [0.15, 0.2) is 30.3 Å². The summed E-state index contributed by atoms with van der Waals surface area (Å²) in [6, 6.07) is 9.51. The predicted octanol–water partition coefficient (Wildman–Crippen LogP) is 3.32. The van der Waals surface area contributed by atoms with Crippen molar-refractivity contribution in [2.75, 3.05) is 18.6 Å². The Bertz CT molecular complexity index is 931. The summed E-state index contributed by atoms with van der Waals surface area (Å²) < 4.78 is 33.9. The van der Waals surface area contributed by atoms with Gasteiger partial charge in [-0.2, -0.15) is 0 Å². The fourth-order valence-electron chi connectivity index (χ4n) is 3.21. The van der Waals surface area contributed by atoms with Crippen LogP contribution in [0, 0.1) is 6.92 Å². The lowest BCUT2D eigenvalue weighted by atomic mass is 9.91. The molecule has 0 amide bonds. The van der Waals surface area contributed by atoms with E-state index in [9.17, 15) is 13.2 Å². The summed E-state index contributed by atoms with van der Waals surface area (Å²) in [6.45, 7) is 3.30. The van der Waals surface area contributed by atoms with Crippen LogP contribution in [-0.2, 0) is 27.8 Å². The third-order valence-corrected chi connectivity index (χ3v) is 5.40. The average molecular weight is 374 g/mol. The van der Waals surface area contributed by atoms with Crippen molar-refractivity contribution in [3.05, 3.63) is 52.6 Å². The van der Waals surface area contributed by atoms with Gasteiger partial charge in [0.1, 0.15) is 21.9 Å². The Morgan fingerprint density at radius 1 is 1.15 bits per heavy atom. The molecule has 0 radical (unpaired) electrons. The zero-order valence-corrected chi connectivity index (χ0v) is 15.8. The zero-order chi connectivity index (χ0) is 18.7. The average Bonchev–Trinajstić information content (AvgIpc) is 2.76. The van der Waals surface area contributed by atoms with E-state index in [0.29, 0.717) is 37.6 Å². The number of hydrogen-bond donors (Lipinski definition) is 0. The number of rotatable bonds is 6. The first-order valence-electron chi connectivity index (χ1n) is 8.47. The van der Waals surface area contributed by atoms with E-state index in [-0.39, 0.29) is 5.75 Å². The Hall–Kier alpha value is -2.18. The van der Waals surface area contributed by atoms with E-state index in [1.54, 1.807) is 6.07 Å². The molecule has 0 fully saturated rings. The molecule has 0 N–H and O–H groups in total. The molecule has 5 nitrogen and oxygen atoms in total. The van der Waals surface area contributed by atoms with Crippen LogP contribution in [0.2, 0.25) is 0 Å². The molecule has 1 aliphatic rings. The Kier molecular flexibility index (Phi) is 5.44. The maximum atomic E-state index is 11.2. The number of benzene rings is 2. The van der Waals surface area contributed by atoms with Crippen LogP contribution in [-0.4, -0.2) is 33.3 Å². The van der Waals surface area contributed by atoms with Crippen molar-refractivity contribution in [3.8, 4) is 16.9 Å². The minimum atomic E-state index is -2.97. The smallest absolute Gasteiger partial charge is 0.150 e. The molecule has 26 heavy (non-hydrogen) atoms. The molecule has 0 saturated heterocycles. The van der Waals surface area contributed by atoms with Crippen molar-refractivity contribution in [1.29, 1.82) is 0 Å². The molecular formula is C20H22O5S. The number of carbonyl (C=O) groups excluding carboxylic acids is 1. The first-order valence-corrected chi connectivity index (χ1v) is 10.5. The molecule has 0 aromatic heterocycles. The minimum Gasteiger partial charge on any atom is -0.494 e. The van der Waals surface area contributed by atoms with Gasteiger partial charge in [-0.1, -0.05) is 12.1 Å². The number of ether oxygens (including phenoxy) is 2. The highest BCUT2D eigenvalue weighted by atomic mass is 32.2.